The minimum absolute atomic E-state index is 0.108. The molecule has 0 aromatic heterocycles. The highest BCUT2D eigenvalue weighted by atomic mass is 16.5. The second-order valence-corrected chi connectivity index (χ2v) is 5.27. The number of ether oxygens (including phenoxy) is 1. The first kappa shape index (κ1) is 17.5. The monoisotopic (exact) mass is 292 g/mol. The van der Waals surface area contributed by atoms with E-state index in [9.17, 15) is 4.79 Å². The van der Waals surface area contributed by atoms with Crippen LogP contribution in [0.15, 0.2) is 24.3 Å². The number of rotatable bonds is 9. The van der Waals surface area contributed by atoms with Crippen LogP contribution in [0.4, 0.5) is 5.69 Å². The molecule has 118 valence electrons. The van der Waals surface area contributed by atoms with E-state index in [1.165, 1.54) is 5.56 Å². The average molecular weight is 292 g/mol. The molecule has 0 aliphatic rings. The van der Waals surface area contributed by atoms with E-state index in [2.05, 4.69) is 18.7 Å². The number of nitrogens with zero attached hydrogens (tertiary/aromatic N) is 1. The van der Waals surface area contributed by atoms with Crippen molar-refractivity contribution in [1.29, 1.82) is 0 Å². The van der Waals surface area contributed by atoms with Crippen LogP contribution in [0.25, 0.3) is 0 Å². The molecule has 1 atom stereocenters. The Morgan fingerprint density at radius 3 is 2.38 bits per heavy atom. The van der Waals surface area contributed by atoms with Crippen molar-refractivity contribution in [2.45, 2.75) is 52.6 Å². The molecule has 0 radical (unpaired) electrons. The molecule has 0 amide bonds. The third kappa shape index (κ3) is 5.76. The van der Waals surface area contributed by atoms with Crippen LogP contribution >= 0.6 is 0 Å². The average Bonchev–Trinajstić information content (AvgIpc) is 2.47. The molecular formula is C17H28N2O2. The number of hydrogen-bond acceptors (Lipinski definition) is 4. The summed E-state index contributed by atoms with van der Waals surface area (Å²) in [5, 5.41) is 0. The SMILES string of the molecule is CCCC(C(=O)OCC)N(CCC)Cc1ccc(N)cc1. The van der Waals surface area contributed by atoms with Gasteiger partial charge in [0.15, 0.2) is 0 Å². The predicted molar refractivity (Wildman–Crippen MR) is 86.9 cm³/mol. The lowest BCUT2D eigenvalue weighted by Crippen LogP contribution is -2.42. The van der Waals surface area contributed by atoms with Crippen molar-refractivity contribution in [3.63, 3.8) is 0 Å². The molecule has 0 spiro atoms. The second kappa shape index (κ2) is 9.40. The fourth-order valence-electron chi connectivity index (χ4n) is 2.45. The number of carbonyl (C=O) groups excluding carboxylic acids is 1. The zero-order valence-electron chi connectivity index (χ0n) is 13.5. The summed E-state index contributed by atoms with van der Waals surface area (Å²) in [5.41, 5.74) is 7.65. The molecule has 0 bridgehead atoms. The highest BCUT2D eigenvalue weighted by Gasteiger charge is 2.25. The van der Waals surface area contributed by atoms with Crippen LogP contribution in [0.5, 0.6) is 0 Å². The van der Waals surface area contributed by atoms with Crippen LogP contribution in [0.2, 0.25) is 0 Å². The smallest absolute Gasteiger partial charge is 0.323 e. The second-order valence-electron chi connectivity index (χ2n) is 5.27. The maximum Gasteiger partial charge on any atom is 0.323 e. The van der Waals surface area contributed by atoms with Gasteiger partial charge in [0.2, 0.25) is 0 Å². The van der Waals surface area contributed by atoms with Crippen molar-refractivity contribution in [1.82, 2.24) is 4.90 Å². The highest BCUT2D eigenvalue weighted by molar-refractivity contribution is 5.75. The van der Waals surface area contributed by atoms with Crippen molar-refractivity contribution in [3.8, 4) is 0 Å². The number of benzene rings is 1. The van der Waals surface area contributed by atoms with Gasteiger partial charge in [-0.15, -0.1) is 0 Å². The zero-order valence-corrected chi connectivity index (χ0v) is 13.5. The molecular weight excluding hydrogens is 264 g/mol. The minimum atomic E-state index is -0.160. The van der Waals surface area contributed by atoms with Crippen LogP contribution in [0, 0.1) is 0 Å². The molecule has 0 aliphatic heterocycles. The Labute approximate surface area is 128 Å². The van der Waals surface area contributed by atoms with Crippen LogP contribution in [-0.2, 0) is 16.1 Å². The molecule has 1 aromatic rings. The normalized spacial score (nSPS) is 12.4. The molecule has 4 heteroatoms. The fourth-order valence-corrected chi connectivity index (χ4v) is 2.45. The molecule has 0 fully saturated rings. The summed E-state index contributed by atoms with van der Waals surface area (Å²) < 4.78 is 5.24. The van der Waals surface area contributed by atoms with Crippen molar-refractivity contribution >= 4 is 11.7 Å². The summed E-state index contributed by atoms with van der Waals surface area (Å²) in [5.74, 6) is -0.108. The Bertz CT molecular complexity index is 417. The Hall–Kier alpha value is -1.55. The van der Waals surface area contributed by atoms with E-state index in [4.69, 9.17) is 10.5 Å². The Balaban J connectivity index is 2.84. The number of carbonyl (C=O) groups is 1. The Morgan fingerprint density at radius 2 is 1.86 bits per heavy atom. The highest BCUT2D eigenvalue weighted by Crippen LogP contribution is 2.16. The van der Waals surface area contributed by atoms with Crippen molar-refractivity contribution < 1.29 is 9.53 Å². The van der Waals surface area contributed by atoms with E-state index < -0.39 is 0 Å². The van der Waals surface area contributed by atoms with Gasteiger partial charge in [-0.1, -0.05) is 32.4 Å². The van der Waals surface area contributed by atoms with Gasteiger partial charge >= 0.3 is 5.97 Å². The minimum Gasteiger partial charge on any atom is -0.465 e. The van der Waals surface area contributed by atoms with Gasteiger partial charge < -0.3 is 10.5 Å². The summed E-state index contributed by atoms with van der Waals surface area (Å²) >= 11 is 0. The summed E-state index contributed by atoms with van der Waals surface area (Å²) in [4.78, 5) is 14.4. The zero-order chi connectivity index (χ0) is 15.7. The lowest BCUT2D eigenvalue weighted by molar-refractivity contribution is -0.150. The van der Waals surface area contributed by atoms with E-state index in [-0.39, 0.29) is 12.0 Å². The molecule has 0 saturated heterocycles. The summed E-state index contributed by atoms with van der Waals surface area (Å²) in [6.07, 6.45) is 2.80. The number of anilines is 1. The summed E-state index contributed by atoms with van der Waals surface area (Å²) in [7, 11) is 0. The van der Waals surface area contributed by atoms with E-state index in [0.29, 0.717) is 6.61 Å². The van der Waals surface area contributed by atoms with Gasteiger partial charge in [0.05, 0.1) is 6.61 Å². The summed E-state index contributed by atoms with van der Waals surface area (Å²) in [6, 6.07) is 7.68. The van der Waals surface area contributed by atoms with E-state index in [0.717, 1.165) is 38.0 Å². The summed E-state index contributed by atoms with van der Waals surface area (Å²) in [6.45, 7) is 8.14. The van der Waals surface area contributed by atoms with Gasteiger partial charge in [-0.3, -0.25) is 9.69 Å². The predicted octanol–water partition coefficient (Wildman–Crippen LogP) is 3.21. The van der Waals surface area contributed by atoms with Gasteiger partial charge in [-0.25, -0.2) is 0 Å². The van der Waals surface area contributed by atoms with Crippen molar-refractivity contribution in [2.24, 2.45) is 0 Å². The van der Waals surface area contributed by atoms with Crippen LogP contribution < -0.4 is 5.73 Å². The van der Waals surface area contributed by atoms with Gasteiger partial charge in [0.1, 0.15) is 6.04 Å². The topological polar surface area (TPSA) is 55.6 Å². The van der Waals surface area contributed by atoms with Gasteiger partial charge in [0, 0.05) is 12.2 Å². The van der Waals surface area contributed by atoms with Crippen LogP contribution in [0.3, 0.4) is 0 Å². The standard InChI is InChI=1S/C17H28N2O2/c1-4-7-16(17(20)21-6-3)19(12-5-2)13-14-8-10-15(18)11-9-14/h8-11,16H,4-7,12-13,18H2,1-3H3. The molecule has 2 N–H and O–H groups in total. The third-order valence-electron chi connectivity index (χ3n) is 3.44. The van der Waals surface area contributed by atoms with Gasteiger partial charge in [0.25, 0.3) is 0 Å². The van der Waals surface area contributed by atoms with Gasteiger partial charge in [-0.2, -0.15) is 0 Å². The molecule has 0 aliphatic carbocycles. The number of esters is 1. The molecule has 4 nitrogen and oxygen atoms in total. The quantitative estimate of drug-likeness (QED) is 0.561. The number of hydrogen-bond donors (Lipinski definition) is 1. The maximum absolute atomic E-state index is 12.2. The first-order chi connectivity index (χ1) is 10.1. The molecule has 0 saturated carbocycles. The molecule has 1 rings (SSSR count). The van der Waals surface area contributed by atoms with Crippen molar-refractivity contribution in [3.05, 3.63) is 29.8 Å². The first-order valence-electron chi connectivity index (χ1n) is 7.87. The fraction of sp³-hybridized carbons (Fsp3) is 0.588. The first-order valence-corrected chi connectivity index (χ1v) is 7.87. The maximum atomic E-state index is 12.2. The lowest BCUT2D eigenvalue weighted by atomic mass is 10.1. The molecule has 1 unspecified atom stereocenters. The largest absolute Gasteiger partial charge is 0.465 e. The van der Waals surface area contributed by atoms with Crippen LogP contribution in [-0.4, -0.2) is 30.1 Å². The molecule has 0 heterocycles. The molecule has 1 aromatic carbocycles. The van der Waals surface area contributed by atoms with E-state index >= 15 is 0 Å². The number of nitrogen functional groups attached to an aromatic ring is 1. The van der Waals surface area contributed by atoms with E-state index in [1.807, 2.05) is 31.2 Å². The van der Waals surface area contributed by atoms with Gasteiger partial charge in [-0.05, 0) is 44.0 Å². The third-order valence-corrected chi connectivity index (χ3v) is 3.44. The Morgan fingerprint density at radius 1 is 1.19 bits per heavy atom. The Kier molecular flexibility index (Phi) is 7.83. The van der Waals surface area contributed by atoms with Crippen molar-refractivity contribution in [2.75, 3.05) is 18.9 Å². The number of nitrogens with two attached hydrogens (primary N) is 1. The van der Waals surface area contributed by atoms with E-state index in [1.54, 1.807) is 0 Å². The van der Waals surface area contributed by atoms with Crippen LogP contribution in [0.1, 0.15) is 45.6 Å². The lowest BCUT2D eigenvalue weighted by Gasteiger charge is -2.29. The molecule has 21 heavy (non-hydrogen) atoms.